The maximum absolute atomic E-state index is 11.9. The van der Waals surface area contributed by atoms with Gasteiger partial charge in [0.2, 0.25) is 0 Å². The molecule has 0 heterocycles. The topological polar surface area (TPSA) is 90.9 Å². The Morgan fingerprint density at radius 2 is 1.50 bits per heavy atom. The molecule has 0 bridgehead atoms. The van der Waals surface area contributed by atoms with Crippen LogP contribution in [0.15, 0.2) is 0 Å². The molecular formula is C19H37NO6. The van der Waals surface area contributed by atoms with Crippen LogP contribution in [-0.4, -0.2) is 43.9 Å². The molecule has 26 heavy (non-hydrogen) atoms. The van der Waals surface area contributed by atoms with Crippen LogP contribution in [0.25, 0.3) is 0 Å². The van der Waals surface area contributed by atoms with E-state index in [1.807, 2.05) is 13.8 Å². The number of hydrogen-bond acceptors (Lipinski definition) is 6. The zero-order chi connectivity index (χ0) is 20.8. The van der Waals surface area contributed by atoms with Crippen LogP contribution in [0.4, 0.5) is 4.79 Å². The smallest absolute Gasteiger partial charge is 0.408 e. The third kappa shape index (κ3) is 12.6. The van der Waals surface area contributed by atoms with Crippen molar-refractivity contribution in [3.8, 4) is 0 Å². The highest BCUT2D eigenvalue weighted by Crippen LogP contribution is 2.19. The number of unbranched alkanes of at least 4 members (excludes halogenated alkanes) is 2. The van der Waals surface area contributed by atoms with Crippen LogP contribution in [-0.2, 0) is 23.8 Å². The predicted molar refractivity (Wildman–Crippen MR) is 101 cm³/mol. The largest absolute Gasteiger partial charge is 0.469 e. The van der Waals surface area contributed by atoms with Crippen molar-refractivity contribution in [2.45, 2.75) is 85.3 Å². The minimum absolute atomic E-state index is 0.113. The lowest BCUT2D eigenvalue weighted by Gasteiger charge is -2.24. The molecule has 0 aliphatic heterocycles. The monoisotopic (exact) mass is 375 g/mol. The molecule has 0 radical (unpaired) electrons. The van der Waals surface area contributed by atoms with Crippen LogP contribution < -0.4 is 5.32 Å². The summed E-state index contributed by atoms with van der Waals surface area (Å²) >= 11 is 0. The van der Waals surface area contributed by atoms with Crippen molar-refractivity contribution >= 4 is 18.0 Å². The van der Waals surface area contributed by atoms with E-state index in [1.54, 1.807) is 20.8 Å². The van der Waals surface area contributed by atoms with Gasteiger partial charge in [-0.3, -0.25) is 4.79 Å². The Morgan fingerprint density at radius 3 is 1.92 bits per heavy atom. The fourth-order valence-electron chi connectivity index (χ4n) is 2.23. The minimum Gasteiger partial charge on any atom is -0.469 e. The Bertz CT molecular complexity index is 417. The summed E-state index contributed by atoms with van der Waals surface area (Å²) in [6.45, 7) is 11.2. The maximum atomic E-state index is 11.9. The van der Waals surface area contributed by atoms with Gasteiger partial charge in [0.05, 0.1) is 20.1 Å². The first-order valence-corrected chi connectivity index (χ1v) is 9.29. The second kappa shape index (κ2) is 14.4. The highest BCUT2D eigenvalue weighted by Gasteiger charge is 2.31. The summed E-state index contributed by atoms with van der Waals surface area (Å²) in [5.41, 5.74) is -0.687. The van der Waals surface area contributed by atoms with Gasteiger partial charge in [-0.15, -0.1) is 0 Å². The van der Waals surface area contributed by atoms with Gasteiger partial charge in [0.25, 0.3) is 0 Å². The molecule has 0 fully saturated rings. The lowest BCUT2D eigenvalue weighted by molar-refractivity contribution is -0.148. The molecule has 0 aromatic carbocycles. The van der Waals surface area contributed by atoms with Gasteiger partial charge in [-0.05, 0) is 33.6 Å². The van der Waals surface area contributed by atoms with Crippen LogP contribution in [0.5, 0.6) is 0 Å². The molecule has 7 heteroatoms. The zero-order valence-corrected chi connectivity index (χ0v) is 17.6. The van der Waals surface area contributed by atoms with Crippen molar-refractivity contribution in [3.63, 3.8) is 0 Å². The van der Waals surface area contributed by atoms with E-state index >= 15 is 0 Å². The number of carbonyl (C=O) groups excluding carboxylic acids is 3. The number of nitrogens with one attached hydrogen (secondary N) is 1. The van der Waals surface area contributed by atoms with Gasteiger partial charge in [0, 0.05) is 0 Å². The van der Waals surface area contributed by atoms with E-state index in [0.29, 0.717) is 6.42 Å². The molecule has 154 valence electrons. The molecule has 0 aromatic heterocycles. The summed E-state index contributed by atoms with van der Waals surface area (Å²) in [6, 6.07) is -0.962. The fraction of sp³-hybridized carbons (Fsp3) is 0.842. The Labute approximate surface area is 158 Å². The number of alkyl carbamates (subject to hydrolysis) is 1. The molecule has 0 rings (SSSR count). The second-order valence-electron chi connectivity index (χ2n) is 6.67. The second-order valence-corrected chi connectivity index (χ2v) is 6.67. The summed E-state index contributed by atoms with van der Waals surface area (Å²) in [6.07, 6.45) is 2.82. The fourth-order valence-corrected chi connectivity index (χ4v) is 2.23. The number of rotatable bonds is 9. The molecule has 0 aliphatic rings. The third-order valence-electron chi connectivity index (χ3n) is 3.39. The Hall–Kier alpha value is -1.79. The van der Waals surface area contributed by atoms with E-state index in [4.69, 9.17) is 14.2 Å². The van der Waals surface area contributed by atoms with Crippen LogP contribution in [0.3, 0.4) is 0 Å². The van der Waals surface area contributed by atoms with Crippen LogP contribution >= 0.6 is 0 Å². The van der Waals surface area contributed by atoms with Crippen LogP contribution in [0.2, 0.25) is 0 Å². The molecule has 1 unspecified atom stereocenters. The average Bonchev–Trinajstić information content (AvgIpc) is 2.58. The van der Waals surface area contributed by atoms with Gasteiger partial charge in [-0.2, -0.15) is 0 Å². The standard InChI is InChI=1S/C17H31NO6.C2H6/c1-7-8-9-10-12(14(19)22-5)11-13(15(20)23-6)18-16(21)24-17(2,3)4;1-2/h12-13H,7-11H2,1-6H3,(H,18,21);1-2H3/t12-,13?;/m0./s1. The molecule has 0 aromatic rings. The van der Waals surface area contributed by atoms with Crippen LogP contribution in [0, 0.1) is 5.92 Å². The van der Waals surface area contributed by atoms with Crippen molar-refractivity contribution in [2.75, 3.05) is 14.2 Å². The lowest BCUT2D eigenvalue weighted by atomic mass is 9.94. The van der Waals surface area contributed by atoms with Crippen molar-refractivity contribution in [3.05, 3.63) is 0 Å². The molecule has 2 atom stereocenters. The highest BCUT2D eigenvalue weighted by molar-refractivity contribution is 5.82. The number of ether oxygens (including phenoxy) is 3. The SMILES string of the molecule is CC.CCCCC[C@@H](CC(NC(=O)OC(C)(C)C)C(=O)OC)C(=O)OC. The van der Waals surface area contributed by atoms with E-state index in [9.17, 15) is 14.4 Å². The molecule has 1 amide bonds. The molecular weight excluding hydrogens is 338 g/mol. The van der Waals surface area contributed by atoms with Crippen molar-refractivity contribution in [1.82, 2.24) is 5.32 Å². The summed E-state index contributed by atoms with van der Waals surface area (Å²) in [4.78, 5) is 35.8. The molecule has 7 nitrogen and oxygen atoms in total. The van der Waals surface area contributed by atoms with Crippen LogP contribution in [0.1, 0.15) is 73.6 Å². The Morgan fingerprint density at radius 1 is 0.962 bits per heavy atom. The number of esters is 2. The van der Waals surface area contributed by atoms with Gasteiger partial charge in [0.1, 0.15) is 11.6 Å². The van der Waals surface area contributed by atoms with E-state index < -0.39 is 35.6 Å². The normalized spacial score (nSPS) is 12.8. The molecule has 0 saturated heterocycles. The predicted octanol–water partition coefficient (Wildman–Crippen LogP) is 3.84. The van der Waals surface area contributed by atoms with Gasteiger partial charge in [-0.25, -0.2) is 9.59 Å². The van der Waals surface area contributed by atoms with Gasteiger partial charge in [0.15, 0.2) is 0 Å². The number of hydrogen-bond donors (Lipinski definition) is 1. The molecule has 0 aliphatic carbocycles. The summed E-state index contributed by atoms with van der Waals surface area (Å²) < 4.78 is 14.7. The first kappa shape index (κ1) is 26.4. The molecule has 1 N–H and O–H groups in total. The molecule has 0 spiro atoms. The first-order valence-electron chi connectivity index (χ1n) is 9.29. The van der Waals surface area contributed by atoms with Gasteiger partial charge >= 0.3 is 18.0 Å². The van der Waals surface area contributed by atoms with E-state index in [2.05, 4.69) is 12.2 Å². The van der Waals surface area contributed by atoms with E-state index in [0.717, 1.165) is 19.3 Å². The van der Waals surface area contributed by atoms with E-state index in [-0.39, 0.29) is 6.42 Å². The van der Waals surface area contributed by atoms with Crippen molar-refractivity contribution < 1.29 is 28.6 Å². The summed E-state index contributed by atoms with van der Waals surface area (Å²) in [5, 5.41) is 2.48. The quantitative estimate of drug-likeness (QED) is 0.374. The average molecular weight is 376 g/mol. The molecule has 0 saturated carbocycles. The van der Waals surface area contributed by atoms with Crippen molar-refractivity contribution in [2.24, 2.45) is 5.92 Å². The van der Waals surface area contributed by atoms with Crippen molar-refractivity contribution in [1.29, 1.82) is 0 Å². The number of amides is 1. The summed E-state index contributed by atoms with van der Waals surface area (Å²) in [5.74, 6) is -1.50. The first-order chi connectivity index (χ1) is 12.1. The number of carbonyl (C=O) groups is 3. The Balaban J connectivity index is 0. The lowest BCUT2D eigenvalue weighted by Crippen LogP contribution is -2.45. The number of methoxy groups -OCH3 is 2. The summed E-state index contributed by atoms with van der Waals surface area (Å²) in [7, 11) is 2.54. The highest BCUT2D eigenvalue weighted by atomic mass is 16.6. The zero-order valence-electron chi connectivity index (χ0n) is 17.6. The van der Waals surface area contributed by atoms with Gasteiger partial charge in [-0.1, -0.05) is 40.0 Å². The maximum Gasteiger partial charge on any atom is 0.408 e. The van der Waals surface area contributed by atoms with Gasteiger partial charge < -0.3 is 19.5 Å². The minimum atomic E-state index is -0.962. The third-order valence-corrected chi connectivity index (χ3v) is 3.39. The Kier molecular flexibility index (Phi) is 14.6. The van der Waals surface area contributed by atoms with E-state index in [1.165, 1.54) is 14.2 Å².